The Morgan fingerprint density at radius 1 is 0.571 bits per heavy atom. The van der Waals surface area contributed by atoms with E-state index < -0.39 is 69.9 Å². The maximum absolute atomic E-state index is 11.4. The van der Waals surface area contributed by atoms with Crippen molar-refractivity contribution in [2.75, 3.05) is 23.0 Å². The molecule has 8 nitrogen and oxygen atoms in total. The molecule has 0 heterocycles. The van der Waals surface area contributed by atoms with E-state index in [1.54, 1.807) is 0 Å². The van der Waals surface area contributed by atoms with Gasteiger partial charge in [0.25, 0.3) is 0 Å². The molecule has 0 N–H and O–H groups in total. The van der Waals surface area contributed by atoms with Gasteiger partial charge in [-0.05, 0) is 0 Å². The average molecular weight is 572 g/mol. The summed E-state index contributed by atoms with van der Waals surface area (Å²) in [4.78, 5) is 45.5. The number of rotatable bonds is 8. The van der Waals surface area contributed by atoms with Crippen LogP contribution in [0.3, 0.4) is 0 Å². The molecule has 120 valence electrons. The second-order valence-electron chi connectivity index (χ2n) is 3.03. The van der Waals surface area contributed by atoms with Gasteiger partial charge in [0, 0.05) is 0 Å². The number of thiol groups is 4. The monoisotopic (exact) mass is 572 g/mol. The summed E-state index contributed by atoms with van der Waals surface area (Å²) in [5.74, 6) is -5.55. The third-order valence-corrected chi connectivity index (χ3v) is 9.93. The van der Waals surface area contributed by atoms with Crippen molar-refractivity contribution >= 4 is 97.4 Å². The molecule has 21 heavy (non-hydrogen) atoms. The van der Waals surface area contributed by atoms with Crippen molar-refractivity contribution in [3.05, 3.63) is 0 Å². The van der Waals surface area contributed by atoms with Crippen molar-refractivity contribution in [1.29, 1.82) is 0 Å². The summed E-state index contributed by atoms with van der Waals surface area (Å²) in [6, 6.07) is 0. The van der Waals surface area contributed by atoms with Crippen molar-refractivity contribution in [1.82, 2.24) is 0 Å². The van der Waals surface area contributed by atoms with Crippen LogP contribution in [0, 0.1) is 0 Å². The molecule has 0 spiro atoms. The first-order chi connectivity index (χ1) is 9.82. The molecule has 0 aliphatic rings. The van der Waals surface area contributed by atoms with Gasteiger partial charge >= 0.3 is 150 Å². The van der Waals surface area contributed by atoms with Crippen LogP contribution in [0.5, 0.6) is 0 Å². The van der Waals surface area contributed by atoms with Gasteiger partial charge in [-0.15, -0.1) is 0 Å². The van der Waals surface area contributed by atoms with Gasteiger partial charge in [0.05, 0.1) is 0 Å². The minimum atomic E-state index is -5.76. The predicted molar refractivity (Wildman–Crippen MR) is 85.5 cm³/mol. The standard InChI is InChI=1S/4C2H4O2S.Pb/c4*3-2(4)1-5;/h4*5H,1H2,(H,3,4);/q;;;;+4/p-4. The average Bonchev–Trinajstić information content (AvgIpc) is 2.46. The molecule has 0 saturated heterocycles. The van der Waals surface area contributed by atoms with Crippen molar-refractivity contribution < 1.29 is 29.9 Å². The number of hydrogen-bond acceptors (Lipinski definition) is 12. The first kappa shape index (κ1) is 21.2. The van der Waals surface area contributed by atoms with Gasteiger partial charge in [-0.25, -0.2) is 0 Å². The first-order valence-corrected chi connectivity index (χ1v) is 14.0. The Bertz CT molecular complexity index is 340. The number of carbonyl (C=O) groups is 4. The molecule has 13 heteroatoms. The van der Waals surface area contributed by atoms with E-state index in [9.17, 15) is 19.2 Å². The van der Waals surface area contributed by atoms with Crippen molar-refractivity contribution in [2.24, 2.45) is 0 Å². The van der Waals surface area contributed by atoms with Crippen LogP contribution in [0.2, 0.25) is 0 Å². The van der Waals surface area contributed by atoms with Gasteiger partial charge < -0.3 is 0 Å². The van der Waals surface area contributed by atoms with E-state index in [0.717, 1.165) is 0 Å². The summed E-state index contributed by atoms with van der Waals surface area (Å²) in [5.41, 5.74) is 0. The van der Waals surface area contributed by atoms with Gasteiger partial charge in [-0.3, -0.25) is 0 Å². The molecule has 0 amide bonds. The topological polar surface area (TPSA) is 105 Å². The summed E-state index contributed by atoms with van der Waals surface area (Å²) in [5, 5.41) is 0. The summed E-state index contributed by atoms with van der Waals surface area (Å²) in [6.45, 7) is 0. The number of carbonyl (C=O) groups excluding carboxylic acids is 4. The molecule has 0 aliphatic heterocycles. The van der Waals surface area contributed by atoms with E-state index in [2.05, 4.69) is 50.5 Å². The van der Waals surface area contributed by atoms with E-state index in [-0.39, 0.29) is 0 Å². The molecule has 0 aliphatic carbocycles. The van der Waals surface area contributed by atoms with Gasteiger partial charge in [0.2, 0.25) is 0 Å². The SMILES string of the molecule is O=C(CS)[O][Pb]([O]C(=O)CS)([O]C(=O)CS)[O]C(=O)CS. The fourth-order valence-electron chi connectivity index (χ4n) is 0.812. The molecule has 0 atom stereocenters. The molecular formula is C8H12O8PbS4. The third-order valence-electron chi connectivity index (χ3n) is 1.47. The van der Waals surface area contributed by atoms with Gasteiger partial charge in [-0.1, -0.05) is 0 Å². The van der Waals surface area contributed by atoms with E-state index in [4.69, 9.17) is 10.7 Å². The Morgan fingerprint density at radius 3 is 0.905 bits per heavy atom. The van der Waals surface area contributed by atoms with Crippen LogP contribution in [0.25, 0.3) is 0 Å². The third kappa shape index (κ3) is 8.42. The normalized spacial score (nSPS) is 10.5. The fourth-order valence-corrected chi connectivity index (χ4v) is 9.39. The van der Waals surface area contributed by atoms with Crippen LogP contribution in [0.4, 0.5) is 0 Å². The van der Waals surface area contributed by atoms with E-state index in [0.29, 0.717) is 0 Å². The maximum atomic E-state index is 11.4. The Balaban J connectivity index is 5.43. The van der Waals surface area contributed by atoms with Crippen LogP contribution < -0.4 is 0 Å². The van der Waals surface area contributed by atoms with Crippen LogP contribution in [-0.4, -0.2) is 69.9 Å². The minimum absolute atomic E-state index is 0.406. The number of hydrogen-bond donors (Lipinski definition) is 4. The Kier molecular flexibility index (Phi) is 11.0. The van der Waals surface area contributed by atoms with Gasteiger partial charge in [0.1, 0.15) is 0 Å². The second kappa shape index (κ2) is 10.8. The summed E-state index contributed by atoms with van der Waals surface area (Å²) in [7, 11) is 0. The van der Waals surface area contributed by atoms with Gasteiger partial charge in [0.15, 0.2) is 0 Å². The van der Waals surface area contributed by atoms with Crippen LogP contribution in [0.15, 0.2) is 0 Å². The Hall–Kier alpha value is 0.202. The molecule has 0 fully saturated rings. The summed E-state index contributed by atoms with van der Waals surface area (Å²) >= 11 is 8.89. The van der Waals surface area contributed by atoms with Crippen molar-refractivity contribution in [2.45, 2.75) is 0 Å². The van der Waals surface area contributed by atoms with Gasteiger partial charge in [-0.2, -0.15) is 0 Å². The van der Waals surface area contributed by atoms with Crippen molar-refractivity contribution in [3.63, 3.8) is 0 Å². The Labute approximate surface area is 149 Å². The zero-order chi connectivity index (χ0) is 16.5. The molecule has 0 bridgehead atoms. The van der Waals surface area contributed by atoms with E-state index in [1.807, 2.05) is 0 Å². The predicted octanol–water partition coefficient (Wildman–Crippen LogP) is -0.686. The summed E-state index contributed by atoms with van der Waals surface area (Å²) < 4.78 is 19.1. The molecule has 0 saturated carbocycles. The molecule has 0 aromatic carbocycles. The fraction of sp³-hybridized carbons (Fsp3) is 0.500. The molecule has 0 aromatic rings. The summed E-state index contributed by atoms with van der Waals surface area (Å²) in [6.07, 6.45) is 0. The molecular weight excluding hydrogens is 560 g/mol. The van der Waals surface area contributed by atoms with Crippen LogP contribution >= 0.6 is 50.5 Å². The molecule has 0 aromatic heterocycles. The first-order valence-electron chi connectivity index (χ1n) is 5.13. The van der Waals surface area contributed by atoms with Crippen molar-refractivity contribution in [3.8, 4) is 0 Å². The van der Waals surface area contributed by atoms with Crippen LogP contribution in [0.1, 0.15) is 0 Å². The Morgan fingerprint density at radius 2 is 0.762 bits per heavy atom. The van der Waals surface area contributed by atoms with Crippen LogP contribution in [-0.2, 0) is 29.9 Å². The zero-order valence-electron chi connectivity index (χ0n) is 10.4. The molecule has 0 unspecified atom stereocenters. The van der Waals surface area contributed by atoms with E-state index in [1.165, 1.54) is 0 Å². The zero-order valence-corrected chi connectivity index (χ0v) is 17.8. The molecule has 0 radical (unpaired) electrons. The van der Waals surface area contributed by atoms with E-state index >= 15 is 0 Å². The second-order valence-corrected chi connectivity index (χ2v) is 11.4. The quantitative estimate of drug-likeness (QED) is 0.224. The molecule has 0 rings (SSSR count).